The van der Waals surface area contributed by atoms with Crippen LogP contribution in [0.2, 0.25) is 5.02 Å². The third kappa shape index (κ3) is 4.03. The number of hydrogen-bond acceptors (Lipinski definition) is 4. The topological polar surface area (TPSA) is 50.2 Å². The van der Waals surface area contributed by atoms with E-state index in [1.165, 1.54) is 0 Å². The molecule has 4 rings (SSSR count). The Hall–Kier alpha value is -2.44. The predicted octanol–water partition coefficient (Wildman–Crippen LogP) is 4.64. The van der Waals surface area contributed by atoms with Gasteiger partial charge in [0.25, 0.3) is 5.91 Å². The van der Waals surface area contributed by atoms with Crippen LogP contribution in [0, 0.1) is 6.92 Å². The van der Waals surface area contributed by atoms with Crippen LogP contribution in [0.25, 0.3) is 5.69 Å². The number of carbonyl (C=O) groups is 1. The molecule has 0 aliphatic carbocycles. The lowest BCUT2D eigenvalue weighted by Gasteiger charge is -2.29. The number of para-hydroxylation sites is 1. The van der Waals surface area contributed by atoms with Gasteiger partial charge in [0, 0.05) is 36.0 Å². The van der Waals surface area contributed by atoms with Crippen LogP contribution >= 0.6 is 23.4 Å². The normalized spacial score (nSPS) is 14.1. The lowest BCUT2D eigenvalue weighted by Crippen LogP contribution is -2.32. The van der Waals surface area contributed by atoms with Crippen molar-refractivity contribution in [3.63, 3.8) is 0 Å². The molecule has 1 saturated heterocycles. The van der Waals surface area contributed by atoms with Gasteiger partial charge in [-0.2, -0.15) is 16.9 Å². The molecule has 1 N–H and O–H groups in total. The van der Waals surface area contributed by atoms with Crippen molar-refractivity contribution in [3.8, 4) is 5.69 Å². The number of aromatic nitrogens is 2. The molecule has 1 amide bonds. The molecule has 0 atom stereocenters. The molecule has 7 heteroatoms. The van der Waals surface area contributed by atoms with Crippen molar-refractivity contribution in [2.75, 3.05) is 34.8 Å². The van der Waals surface area contributed by atoms with Gasteiger partial charge in [-0.25, -0.2) is 4.68 Å². The van der Waals surface area contributed by atoms with E-state index < -0.39 is 0 Å². The molecule has 2 aromatic carbocycles. The highest BCUT2D eigenvalue weighted by Gasteiger charge is 2.17. The fourth-order valence-corrected chi connectivity index (χ4v) is 4.46. The molecule has 1 aliphatic heterocycles. The summed E-state index contributed by atoms with van der Waals surface area (Å²) in [6.07, 6.45) is 0. The van der Waals surface area contributed by atoms with Crippen LogP contribution < -0.4 is 10.2 Å². The monoisotopic (exact) mass is 412 g/mol. The van der Waals surface area contributed by atoms with E-state index in [1.807, 2.05) is 61.2 Å². The molecule has 5 nitrogen and oxygen atoms in total. The van der Waals surface area contributed by atoms with Gasteiger partial charge in [-0.1, -0.05) is 29.8 Å². The van der Waals surface area contributed by atoms with Crippen LogP contribution in [0.4, 0.5) is 11.4 Å². The Morgan fingerprint density at radius 2 is 1.86 bits per heavy atom. The van der Waals surface area contributed by atoms with Gasteiger partial charge in [-0.3, -0.25) is 4.79 Å². The van der Waals surface area contributed by atoms with E-state index in [-0.39, 0.29) is 5.91 Å². The first-order valence-corrected chi connectivity index (χ1v) is 10.7. The zero-order valence-electron chi connectivity index (χ0n) is 15.6. The Labute approximate surface area is 173 Å². The van der Waals surface area contributed by atoms with Crippen LogP contribution in [0.3, 0.4) is 0 Å². The highest BCUT2D eigenvalue weighted by Crippen LogP contribution is 2.30. The quantitative estimate of drug-likeness (QED) is 0.678. The average molecular weight is 413 g/mol. The van der Waals surface area contributed by atoms with E-state index in [0.717, 1.165) is 41.7 Å². The molecule has 28 heavy (non-hydrogen) atoms. The van der Waals surface area contributed by atoms with E-state index in [2.05, 4.69) is 15.3 Å². The number of aryl methyl sites for hydroxylation is 1. The summed E-state index contributed by atoms with van der Waals surface area (Å²) in [5.74, 6) is 1.96. The van der Waals surface area contributed by atoms with Crippen molar-refractivity contribution < 1.29 is 4.79 Å². The molecule has 0 bridgehead atoms. The molecule has 1 fully saturated rings. The number of thioether (sulfide) groups is 1. The first kappa shape index (κ1) is 18.9. The van der Waals surface area contributed by atoms with E-state index >= 15 is 0 Å². The number of hydrogen-bond donors (Lipinski definition) is 1. The van der Waals surface area contributed by atoms with Gasteiger partial charge in [-0.15, -0.1) is 0 Å². The molecule has 3 aromatic rings. The lowest BCUT2D eigenvalue weighted by molar-refractivity contribution is 0.102. The largest absolute Gasteiger partial charge is 0.369 e. The molecule has 1 aromatic heterocycles. The van der Waals surface area contributed by atoms with Gasteiger partial charge in [0.1, 0.15) is 0 Å². The maximum absolute atomic E-state index is 12.7. The third-order valence-corrected chi connectivity index (χ3v) is 5.92. The van der Waals surface area contributed by atoms with E-state index in [9.17, 15) is 4.79 Å². The first-order valence-electron chi connectivity index (χ1n) is 9.17. The second-order valence-electron chi connectivity index (χ2n) is 6.64. The molecule has 144 valence electrons. The SMILES string of the molecule is Cc1cc(C(=O)Nc2ccc(N3CCSCC3)c(Cl)c2)nn1-c1ccccc1. The van der Waals surface area contributed by atoms with Crippen molar-refractivity contribution in [1.82, 2.24) is 9.78 Å². The van der Waals surface area contributed by atoms with Gasteiger partial charge in [-0.05, 0) is 43.3 Å². The summed E-state index contributed by atoms with van der Waals surface area (Å²) in [7, 11) is 0. The predicted molar refractivity (Wildman–Crippen MR) is 117 cm³/mol. The number of halogens is 1. The molecular weight excluding hydrogens is 392 g/mol. The van der Waals surface area contributed by atoms with Crippen molar-refractivity contribution >= 4 is 40.6 Å². The maximum Gasteiger partial charge on any atom is 0.276 e. The van der Waals surface area contributed by atoms with Gasteiger partial charge >= 0.3 is 0 Å². The van der Waals surface area contributed by atoms with E-state index in [0.29, 0.717) is 16.4 Å². The summed E-state index contributed by atoms with van der Waals surface area (Å²) in [6, 6.07) is 17.2. The standard InChI is InChI=1S/C21H21ClN4OS/c1-15-13-19(24-26(15)17-5-3-2-4-6-17)21(27)23-16-7-8-20(18(22)14-16)25-9-11-28-12-10-25/h2-8,13-14H,9-12H2,1H3,(H,23,27). The fourth-order valence-electron chi connectivity index (χ4n) is 3.26. The zero-order valence-corrected chi connectivity index (χ0v) is 17.1. The minimum atomic E-state index is -0.254. The second-order valence-corrected chi connectivity index (χ2v) is 8.27. The summed E-state index contributed by atoms with van der Waals surface area (Å²) in [4.78, 5) is 15.0. The van der Waals surface area contributed by atoms with Crippen LogP contribution in [-0.4, -0.2) is 40.3 Å². The van der Waals surface area contributed by atoms with Crippen LogP contribution in [0.5, 0.6) is 0 Å². The van der Waals surface area contributed by atoms with Gasteiger partial charge in [0.2, 0.25) is 0 Å². The third-order valence-electron chi connectivity index (χ3n) is 4.68. The van der Waals surface area contributed by atoms with Gasteiger partial charge in [0.05, 0.1) is 16.4 Å². The van der Waals surface area contributed by atoms with Crippen molar-refractivity contribution in [3.05, 3.63) is 71.0 Å². The Bertz CT molecular complexity index is 983. The highest BCUT2D eigenvalue weighted by atomic mass is 35.5. The van der Waals surface area contributed by atoms with Crippen molar-refractivity contribution in [1.29, 1.82) is 0 Å². The Morgan fingerprint density at radius 1 is 1.11 bits per heavy atom. The minimum absolute atomic E-state index is 0.254. The summed E-state index contributed by atoms with van der Waals surface area (Å²) < 4.78 is 1.76. The lowest BCUT2D eigenvalue weighted by atomic mass is 10.2. The van der Waals surface area contributed by atoms with Gasteiger partial charge < -0.3 is 10.2 Å². The van der Waals surface area contributed by atoms with Gasteiger partial charge in [0.15, 0.2) is 5.69 Å². The Morgan fingerprint density at radius 3 is 2.57 bits per heavy atom. The number of anilines is 2. The second kappa shape index (κ2) is 8.29. The molecule has 0 radical (unpaired) electrons. The molecule has 2 heterocycles. The zero-order chi connectivity index (χ0) is 19.5. The van der Waals surface area contributed by atoms with E-state index in [1.54, 1.807) is 16.8 Å². The summed E-state index contributed by atoms with van der Waals surface area (Å²) in [5.41, 5.74) is 3.87. The smallest absolute Gasteiger partial charge is 0.276 e. The summed E-state index contributed by atoms with van der Waals surface area (Å²) in [5, 5.41) is 8.00. The highest BCUT2D eigenvalue weighted by molar-refractivity contribution is 7.99. The molecule has 0 unspecified atom stereocenters. The number of carbonyl (C=O) groups excluding carboxylic acids is 1. The molecular formula is C21H21ClN4OS. The van der Waals surface area contributed by atoms with Crippen LogP contribution in [0.15, 0.2) is 54.6 Å². The Kier molecular flexibility index (Phi) is 5.59. The fraction of sp³-hybridized carbons (Fsp3) is 0.238. The number of rotatable bonds is 4. The number of nitrogens with zero attached hydrogens (tertiary/aromatic N) is 3. The Balaban J connectivity index is 1.50. The van der Waals surface area contributed by atoms with E-state index in [4.69, 9.17) is 11.6 Å². The maximum atomic E-state index is 12.7. The summed E-state index contributed by atoms with van der Waals surface area (Å²) >= 11 is 8.44. The number of amides is 1. The number of benzene rings is 2. The molecule has 0 spiro atoms. The summed E-state index contributed by atoms with van der Waals surface area (Å²) in [6.45, 7) is 3.91. The van der Waals surface area contributed by atoms with Crippen LogP contribution in [0.1, 0.15) is 16.2 Å². The number of nitrogens with one attached hydrogen (secondary N) is 1. The first-order chi connectivity index (χ1) is 13.6. The van der Waals surface area contributed by atoms with Crippen LogP contribution in [-0.2, 0) is 0 Å². The average Bonchev–Trinajstić information content (AvgIpc) is 3.11. The molecule has 0 saturated carbocycles. The minimum Gasteiger partial charge on any atom is -0.369 e. The van der Waals surface area contributed by atoms with Crippen molar-refractivity contribution in [2.45, 2.75) is 6.92 Å². The molecule has 1 aliphatic rings. The van der Waals surface area contributed by atoms with Crippen molar-refractivity contribution in [2.24, 2.45) is 0 Å².